The Morgan fingerprint density at radius 1 is 1.10 bits per heavy atom. The van der Waals surface area contributed by atoms with Crippen molar-refractivity contribution >= 4 is 29.0 Å². The van der Waals surface area contributed by atoms with E-state index in [0.29, 0.717) is 22.6 Å². The maximum atomic E-state index is 13.7. The summed E-state index contributed by atoms with van der Waals surface area (Å²) < 4.78 is 33.4. The Morgan fingerprint density at radius 2 is 1.90 bits per heavy atom. The number of aromatic nitrogens is 4. The standard InChI is InChI=1S/C20H15F2N5O2S/c1-29-14-5-2-12(3-6-14)16-8-9-18-24-25-20(27(18)26-16)30-11-19(28)23-17-7-4-13(21)10-15(17)22/h2-10H,11H2,1H3,(H,23,28). The van der Waals surface area contributed by atoms with Crippen LogP contribution in [0, 0.1) is 11.6 Å². The monoisotopic (exact) mass is 427 g/mol. The van der Waals surface area contributed by atoms with Crippen LogP contribution in [0.4, 0.5) is 14.5 Å². The number of amides is 1. The molecule has 1 N–H and O–H groups in total. The van der Waals surface area contributed by atoms with Gasteiger partial charge in [-0.2, -0.15) is 9.61 Å². The normalized spacial score (nSPS) is 10.9. The minimum Gasteiger partial charge on any atom is -0.497 e. The van der Waals surface area contributed by atoms with Crippen LogP contribution in [-0.2, 0) is 4.79 Å². The molecule has 2 aromatic carbocycles. The van der Waals surface area contributed by atoms with E-state index in [1.165, 1.54) is 10.6 Å². The van der Waals surface area contributed by atoms with Crippen LogP contribution < -0.4 is 10.1 Å². The van der Waals surface area contributed by atoms with E-state index in [0.717, 1.165) is 29.1 Å². The Hall–Kier alpha value is -3.53. The Labute approximate surface area is 174 Å². The third kappa shape index (κ3) is 4.23. The van der Waals surface area contributed by atoms with Crippen molar-refractivity contribution < 1.29 is 18.3 Å². The van der Waals surface area contributed by atoms with Crippen molar-refractivity contribution in [2.75, 3.05) is 18.2 Å². The van der Waals surface area contributed by atoms with Crippen molar-refractivity contribution in [2.24, 2.45) is 0 Å². The molecule has 0 radical (unpaired) electrons. The van der Waals surface area contributed by atoms with Crippen LogP contribution in [0.1, 0.15) is 0 Å². The van der Waals surface area contributed by atoms with Gasteiger partial charge in [-0.05, 0) is 48.5 Å². The second-order valence-corrected chi connectivity index (χ2v) is 7.10. The molecule has 0 saturated heterocycles. The maximum Gasteiger partial charge on any atom is 0.234 e. The van der Waals surface area contributed by atoms with Crippen LogP contribution in [0.5, 0.6) is 5.75 Å². The highest BCUT2D eigenvalue weighted by atomic mass is 32.2. The van der Waals surface area contributed by atoms with E-state index in [1.807, 2.05) is 30.3 Å². The Bertz CT molecular complexity index is 1210. The first-order chi connectivity index (χ1) is 14.5. The van der Waals surface area contributed by atoms with Crippen LogP contribution in [0.15, 0.2) is 59.8 Å². The third-order valence-corrected chi connectivity index (χ3v) is 5.08. The van der Waals surface area contributed by atoms with E-state index in [1.54, 1.807) is 13.2 Å². The quantitative estimate of drug-likeness (QED) is 0.472. The molecule has 0 aliphatic carbocycles. The number of carbonyl (C=O) groups is 1. The van der Waals surface area contributed by atoms with Gasteiger partial charge in [0.1, 0.15) is 17.4 Å². The summed E-state index contributed by atoms with van der Waals surface area (Å²) in [6, 6.07) is 14.0. The highest BCUT2D eigenvalue weighted by Crippen LogP contribution is 2.23. The van der Waals surface area contributed by atoms with Gasteiger partial charge >= 0.3 is 0 Å². The van der Waals surface area contributed by atoms with Gasteiger partial charge < -0.3 is 10.1 Å². The first kappa shape index (κ1) is 19.8. The van der Waals surface area contributed by atoms with Crippen LogP contribution >= 0.6 is 11.8 Å². The van der Waals surface area contributed by atoms with Crippen molar-refractivity contribution in [3.8, 4) is 17.0 Å². The fourth-order valence-electron chi connectivity index (χ4n) is 2.68. The molecule has 0 fully saturated rings. The number of hydrogen-bond donors (Lipinski definition) is 1. The molecule has 0 aliphatic heterocycles. The number of ether oxygens (including phenoxy) is 1. The van der Waals surface area contributed by atoms with Gasteiger partial charge in [0, 0.05) is 11.6 Å². The summed E-state index contributed by atoms with van der Waals surface area (Å²) in [4.78, 5) is 12.1. The Kier molecular flexibility index (Phi) is 5.57. The Morgan fingerprint density at radius 3 is 2.63 bits per heavy atom. The first-order valence-electron chi connectivity index (χ1n) is 8.78. The maximum absolute atomic E-state index is 13.7. The average Bonchev–Trinajstić information content (AvgIpc) is 3.16. The topological polar surface area (TPSA) is 81.4 Å². The molecular formula is C20H15F2N5O2S. The molecule has 10 heteroatoms. The summed E-state index contributed by atoms with van der Waals surface area (Å²) in [6.07, 6.45) is 0. The minimum absolute atomic E-state index is 0.0496. The van der Waals surface area contributed by atoms with Gasteiger partial charge in [0.25, 0.3) is 0 Å². The predicted molar refractivity (Wildman–Crippen MR) is 108 cm³/mol. The lowest BCUT2D eigenvalue weighted by Crippen LogP contribution is -2.15. The smallest absolute Gasteiger partial charge is 0.234 e. The molecule has 152 valence electrons. The number of rotatable bonds is 6. The zero-order chi connectivity index (χ0) is 21.1. The first-order valence-corrected chi connectivity index (χ1v) is 9.76. The number of anilines is 1. The van der Waals surface area contributed by atoms with Crippen LogP contribution in [-0.4, -0.2) is 38.6 Å². The van der Waals surface area contributed by atoms with E-state index in [9.17, 15) is 13.6 Å². The number of methoxy groups -OCH3 is 1. The van der Waals surface area contributed by atoms with Crippen LogP contribution in [0.3, 0.4) is 0 Å². The van der Waals surface area contributed by atoms with E-state index in [4.69, 9.17) is 4.74 Å². The van der Waals surface area contributed by atoms with Crippen LogP contribution in [0.25, 0.3) is 16.9 Å². The van der Waals surface area contributed by atoms with E-state index >= 15 is 0 Å². The van der Waals surface area contributed by atoms with Gasteiger partial charge in [-0.1, -0.05) is 11.8 Å². The summed E-state index contributed by atoms with van der Waals surface area (Å²) in [5.41, 5.74) is 2.02. The lowest BCUT2D eigenvalue weighted by Gasteiger charge is -2.06. The summed E-state index contributed by atoms with van der Waals surface area (Å²) >= 11 is 1.10. The number of nitrogens with one attached hydrogen (secondary N) is 1. The zero-order valence-corrected chi connectivity index (χ0v) is 16.5. The van der Waals surface area contributed by atoms with Crippen molar-refractivity contribution in [3.63, 3.8) is 0 Å². The summed E-state index contributed by atoms with van der Waals surface area (Å²) in [7, 11) is 1.60. The molecule has 0 aliphatic rings. The van der Waals surface area contributed by atoms with E-state index < -0.39 is 17.5 Å². The molecular weight excluding hydrogens is 412 g/mol. The van der Waals surface area contributed by atoms with E-state index in [-0.39, 0.29) is 11.4 Å². The predicted octanol–water partition coefficient (Wildman–Crippen LogP) is 3.81. The van der Waals surface area contributed by atoms with Gasteiger partial charge in [-0.25, -0.2) is 8.78 Å². The lowest BCUT2D eigenvalue weighted by molar-refractivity contribution is -0.113. The van der Waals surface area contributed by atoms with Crippen molar-refractivity contribution in [1.82, 2.24) is 19.8 Å². The number of thioether (sulfide) groups is 1. The third-order valence-electron chi connectivity index (χ3n) is 4.16. The van der Waals surface area contributed by atoms with Gasteiger partial charge in [-0.15, -0.1) is 10.2 Å². The molecule has 2 aromatic heterocycles. The number of benzene rings is 2. The summed E-state index contributed by atoms with van der Waals surface area (Å²) in [5, 5.41) is 15.5. The molecule has 0 spiro atoms. The number of carbonyl (C=O) groups excluding carboxylic acids is 1. The average molecular weight is 427 g/mol. The molecule has 4 aromatic rings. The molecule has 4 rings (SSSR count). The van der Waals surface area contributed by atoms with Gasteiger partial charge in [0.05, 0.1) is 24.2 Å². The summed E-state index contributed by atoms with van der Waals surface area (Å²) in [6.45, 7) is 0. The van der Waals surface area contributed by atoms with Gasteiger partial charge in [0.2, 0.25) is 11.1 Å². The lowest BCUT2D eigenvalue weighted by atomic mass is 10.1. The fourth-order valence-corrected chi connectivity index (χ4v) is 3.37. The molecule has 7 nitrogen and oxygen atoms in total. The number of fused-ring (bicyclic) bond motifs is 1. The number of nitrogens with zero attached hydrogens (tertiary/aromatic N) is 4. The van der Waals surface area contributed by atoms with Crippen LogP contribution in [0.2, 0.25) is 0 Å². The zero-order valence-electron chi connectivity index (χ0n) is 15.7. The highest BCUT2D eigenvalue weighted by molar-refractivity contribution is 7.99. The Balaban J connectivity index is 1.49. The van der Waals surface area contributed by atoms with Crippen molar-refractivity contribution in [1.29, 1.82) is 0 Å². The molecule has 0 atom stereocenters. The van der Waals surface area contributed by atoms with Gasteiger partial charge in [-0.3, -0.25) is 4.79 Å². The number of hydrogen-bond acceptors (Lipinski definition) is 6. The second-order valence-electron chi connectivity index (χ2n) is 6.16. The van der Waals surface area contributed by atoms with Crippen molar-refractivity contribution in [2.45, 2.75) is 5.16 Å². The molecule has 0 saturated carbocycles. The summed E-state index contributed by atoms with van der Waals surface area (Å²) in [5.74, 6) is -1.33. The minimum atomic E-state index is -0.841. The molecule has 2 heterocycles. The SMILES string of the molecule is COc1ccc(-c2ccc3nnc(SCC(=O)Nc4ccc(F)cc4F)n3n2)cc1. The number of halogens is 2. The fraction of sp³-hybridized carbons (Fsp3) is 0.100. The van der Waals surface area contributed by atoms with Crippen molar-refractivity contribution in [3.05, 3.63) is 66.2 Å². The molecule has 0 bridgehead atoms. The molecule has 0 unspecified atom stereocenters. The van der Waals surface area contributed by atoms with E-state index in [2.05, 4.69) is 20.6 Å². The highest BCUT2D eigenvalue weighted by Gasteiger charge is 2.13. The molecule has 1 amide bonds. The molecule has 30 heavy (non-hydrogen) atoms. The van der Waals surface area contributed by atoms with Gasteiger partial charge in [0.15, 0.2) is 5.65 Å². The second kappa shape index (κ2) is 8.46. The largest absolute Gasteiger partial charge is 0.497 e.